The summed E-state index contributed by atoms with van der Waals surface area (Å²) in [6.07, 6.45) is 3.29. The molecule has 0 bridgehead atoms. The number of pyridine rings is 1. The van der Waals surface area contributed by atoms with Crippen molar-refractivity contribution in [3.05, 3.63) is 34.4 Å². The van der Waals surface area contributed by atoms with Gasteiger partial charge in [0.1, 0.15) is 4.88 Å². The number of thiazole rings is 1. The summed E-state index contributed by atoms with van der Waals surface area (Å²) < 4.78 is 0. The predicted octanol–water partition coefficient (Wildman–Crippen LogP) is 3.20. The Labute approximate surface area is 109 Å². The van der Waals surface area contributed by atoms with E-state index in [1.54, 1.807) is 18.5 Å². The highest BCUT2D eigenvalue weighted by Crippen LogP contribution is 2.34. The summed E-state index contributed by atoms with van der Waals surface area (Å²) in [5.74, 6) is -0.943. The van der Waals surface area contributed by atoms with Gasteiger partial charge in [-0.25, -0.2) is 9.78 Å². The summed E-state index contributed by atoms with van der Waals surface area (Å²) >= 11 is 1.23. The molecule has 0 unspecified atom stereocenters. The largest absolute Gasteiger partial charge is 0.477 e. The minimum atomic E-state index is -0.943. The van der Waals surface area contributed by atoms with Gasteiger partial charge in [0, 0.05) is 23.4 Å². The fraction of sp³-hybridized carbons (Fsp3) is 0.308. The van der Waals surface area contributed by atoms with Crippen LogP contribution in [-0.2, 0) is 5.41 Å². The molecule has 2 aromatic rings. The van der Waals surface area contributed by atoms with Gasteiger partial charge in [0.2, 0.25) is 0 Å². The van der Waals surface area contributed by atoms with Crippen molar-refractivity contribution >= 4 is 17.3 Å². The molecule has 2 aromatic heterocycles. The lowest BCUT2D eigenvalue weighted by molar-refractivity contribution is 0.0702. The summed E-state index contributed by atoms with van der Waals surface area (Å²) in [6.45, 7) is 6.06. The lowest BCUT2D eigenvalue weighted by Gasteiger charge is -2.13. The maximum absolute atomic E-state index is 11.3. The number of rotatable bonds is 2. The van der Waals surface area contributed by atoms with Gasteiger partial charge in [-0.3, -0.25) is 4.98 Å². The fourth-order valence-corrected chi connectivity index (χ4v) is 2.47. The zero-order chi connectivity index (χ0) is 13.3. The summed E-state index contributed by atoms with van der Waals surface area (Å²) in [5.41, 5.74) is 1.09. The fourth-order valence-electron chi connectivity index (χ4n) is 1.48. The molecule has 2 heterocycles. The van der Waals surface area contributed by atoms with E-state index in [4.69, 9.17) is 0 Å². The molecule has 0 radical (unpaired) electrons. The van der Waals surface area contributed by atoms with Crippen LogP contribution in [0, 0.1) is 0 Å². The van der Waals surface area contributed by atoms with Crippen LogP contribution < -0.4 is 0 Å². The summed E-state index contributed by atoms with van der Waals surface area (Å²) in [5, 5.41) is 10.1. The first-order valence-electron chi connectivity index (χ1n) is 5.54. The van der Waals surface area contributed by atoms with Crippen molar-refractivity contribution in [2.75, 3.05) is 0 Å². The van der Waals surface area contributed by atoms with Gasteiger partial charge in [-0.15, -0.1) is 11.3 Å². The zero-order valence-corrected chi connectivity index (χ0v) is 11.3. The number of aromatic nitrogens is 2. The molecule has 5 heteroatoms. The average Bonchev–Trinajstić information content (AvgIpc) is 2.74. The van der Waals surface area contributed by atoms with Gasteiger partial charge in [-0.1, -0.05) is 20.8 Å². The van der Waals surface area contributed by atoms with Crippen LogP contribution in [-0.4, -0.2) is 21.0 Å². The molecule has 0 aromatic carbocycles. The van der Waals surface area contributed by atoms with Crippen LogP contribution in [0.3, 0.4) is 0 Å². The van der Waals surface area contributed by atoms with Gasteiger partial charge < -0.3 is 5.11 Å². The monoisotopic (exact) mass is 262 g/mol. The van der Waals surface area contributed by atoms with Crippen molar-refractivity contribution in [3.63, 3.8) is 0 Å². The van der Waals surface area contributed by atoms with Crippen molar-refractivity contribution in [3.8, 4) is 11.3 Å². The number of nitrogens with zero attached hydrogens (tertiary/aromatic N) is 2. The van der Waals surface area contributed by atoms with Gasteiger partial charge in [-0.2, -0.15) is 0 Å². The van der Waals surface area contributed by atoms with Crippen LogP contribution in [0.4, 0.5) is 0 Å². The Hall–Kier alpha value is -1.75. The molecule has 94 valence electrons. The van der Waals surface area contributed by atoms with Crippen LogP contribution >= 0.6 is 11.3 Å². The SMILES string of the molecule is CC(C)(C)c1nc(-c2cccnc2)c(C(=O)O)s1. The Kier molecular flexibility index (Phi) is 3.17. The second kappa shape index (κ2) is 4.49. The smallest absolute Gasteiger partial charge is 0.348 e. The molecule has 0 saturated carbocycles. The molecule has 0 spiro atoms. The van der Waals surface area contributed by atoms with Crippen LogP contribution in [0.1, 0.15) is 35.5 Å². The third-order valence-corrected chi connectivity index (χ3v) is 3.87. The number of carbonyl (C=O) groups is 1. The molecule has 0 saturated heterocycles. The number of carboxylic acid groups (broad SMARTS) is 1. The third-order valence-electron chi connectivity index (χ3n) is 2.40. The quantitative estimate of drug-likeness (QED) is 0.902. The Morgan fingerprint density at radius 3 is 2.61 bits per heavy atom. The van der Waals surface area contributed by atoms with Crippen molar-refractivity contribution in [1.29, 1.82) is 0 Å². The molecule has 0 aliphatic rings. The molecule has 0 amide bonds. The molecule has 4 nitrogen and oxygen atoms in total. The summed E-state index contributed by atoms with van der Waals surface area (Å²) in [4.78, 5) is 20.0. The van der Waals surface area contributed by atoms with Gasteiger partial charge in [0.05, 0.1) is 10.7 Å². The molecule has 0 atom stereocenters. The van der Waals surface area contributed by atoms with Crippen molar-refractivity contribution < 1.29 is 9.90 Å². The van der Waals surface area contributed by atoms with Crippen LogP contribution in [0.25, 0.3) is 11.3 Å². The van der Waals surface area contributed by atoms with Crippen LogP contribution in [0.5, 0.6) is 0 Å². The van der Waals surface area contributed by atoms with E-state index in [9.17, 15) is 9.90 Å². The minimum absolute atomic E-state index is 0.157. The molecule has 0 aliphatic heterocycles. The van der Waals surface area contributed by atoms with Crippen molar-refractivity contribution in [2.24, 2.45) is 0 Å². The van der Waals surface area contributed by atoms with E-state index in [-0.39, 0.29) is 10.3 Å². The second-order valence-electron chi connectivity index (χ2n) is 4.99. The number of aromatic carboxylic acids is 1. The number of hydrogen-bond donors (Lipinski definition) is 1. The summed E-state index contributed by atoms with van der Waals surface area (Å²) in [7, 11) is 0. The van der Waals surface area contributed by atoms with E-state index >= 15 is 0 Å². The Morgan fingerprint density at radius 2 is 2.11 bits per heavy atom. The Balaban J connectivity index is 2.60. The van der Waals surface area contributed by atoms with Crippen molar-refractivity contribution in [2.45, 2.75) is 26.2 Å². The van der Waals surface area contributed by atoms with E-state index in [0.29, 0.717) is 5.69 Å². The topological polar surface area (TPSA) is 63.1 Å². The normalized spacial score (nSPS) is 11.5. The van der Waals surface area contributed by atoms with E-state index < -0.39 is 5.97 Å². The van der Waals surface area contributed by atoms with Crippen LogP contribution in [0.2, 0.25) is 0 Å². The van der Waals surface area contributed by atoms with Gasteiger partial charge in [0.25, 0.3) is 0 Å². The highest BCUT2D eigenvalue weighted by molar-refractivity contribution is 7.14. The third kappa shape index (κ3) is 2.41. The van der Waals surface area contributed by atoms with E-state index in [2.05, 4.69) is 9.97 Å². The average molecular weight is 262 g/mol. The molecule has 18 heavy (non-hydrogen) atoms. The molecule has 0 aliphatic carbocycles. The van der Waals surface area contributed by atoms with Gasteiger partial charge in [-0.05, 0) is 12.1 Å². The first kappa shape index (κ1) is 12.7. The van der Waals surface area contributed by atoms with Gasteiger partial charge >= 0.3 is 5.97 Å². The van der Waals surface area contributed by atoms with E-state index in [0.717, 1.165) is 10.6 Å². The van der Waals surface area contributed by atoms with Crippen LogP contribution in [0.15, 0.2) is 24.5 Å². The number of carboxylic acids is 1. The Morgan fingerprint density at radius 1 is 1.39 bits per heavy atom. The first-order valence-corrected chi connectivity index (χ1v) is 6.36. The second-order valence-corrected chi connectivity index (χ2v) is 5.99. The van der Waals surface area contributed by atoms with Crippen molar-refractivity contribution in [1.82, 2.24) is 9.97 Å². The Bertz CT molecular complexity index is 570. The first-order chi connectivity index (χ1) is 8.39. The lowest BCUT2D eigenvalue weighted by Crippen LogP contribution is -2.10. The minimum Gasteiger partial charge on any atom is -0.477 e. The van der Waals surface area contributed by atoms with Gasteiger partial charge in [0.15, 0.2) is 0 Å². The standard InChI is InChI=1S/C13H14N2O2S/c1-13(2,3)12-15-9(10(18-12)11(16)17)8-5-4-6-14-7-8/h4-7H,1-3H3,(H,16,17). The van der Waals surface area contributed by atoms with E-state index in [1.807, 2.05) is 26.8 Å². The maximum Gasteiger partial charge on any atom is 0.348 e. The molecular formula is C13H14N2O2S. The number of hydrogen-bond acceptors (Lipinski definition) is 4. The lowest BCUT2D eigenvalue weighted by atomic mass is 9.98. The highest BCUT2D eigenvalue weighted by Gasteiger charge is 2.25. The van der Waals surface area contributed by atoms with E-state index in [1.165, 1.54) is 11.3 Å². The predicted molar refractivity (Wildman–Crippen MR) is 71.0 cm³/mol. The molecular weight excluding hydrogens is 248 g/mol. The summed E-state index contributed by atoms with van der Waals surface area (Å²) in [6, 6.07) is 3.60. The zero-order valence-electron chi connectivity index (χ0n) is 10.5. The molecule has 0 fully saturated rings. The molecule has 2 rings (SSSR count). The molecule has 1 N–H and O–H groups in total. The highest BCUT2D eigenvalue weighted by atomic mass is 32.1. The maximum atomic E-state index is 11.3.